The van der Waals surface area contributed by atoms with Crippen molar-refractivity contribution in [3.63, 3.8) is 0 Å². The minimum Gasteiger partial charge on any atom is -0.366 e. The maximum atomic E-state index is 13.2. The van der Waals surface area contributed by atoms with E-state index in [0.717, 1.165) is 0 Å². The summed E-state index contributed by atoms with van der Waals surface area (Å²) in [6, 6.07) is 8.75. The van der Waals surface area contributed by atoms with Crippen LogP contribution in [-0.4, -0.2) is 5.91 Å². The fourth-order valence-corrected chi connectivity index (χ4v) is 3.07. The molecule has 3 nitrogen and oxygen atoms in total. The Morgan fingerprint density at radius 1 is 1.05 bits per heavy atom. The fourth-order valence-electron chi connectivity index (χ4n) is 1.98. The van der Waals surface area contributed by atoms with Crippen molar-refractivity contribution in [2.45, 2.75) is 0 Å². The molecule has 0 saturated carbocycles. The van der Waals surface area contributed by atoms with E-state index in [9.17, 15) is 14.0 Å². The van der Waals surface area contributed by atoms with Crippen molar-refractivity contribution in [2.24, 2.45) is 5.73 Å². The van der Waals surface area contributed by atoms with Crippen LogP contribution in [0.5, 0.6) is 0 Å². The number of hydrogen-bond acceptors (Lipinski definition) is 3. The third kappa shape index (κ3) is 1.88. The number of hydrogen-bond donors (Lipinski definition) is 1. The van der Waals surface area contributed by atoms with E-state index in [4.69, 9.17) is 5.73 Å². The molecule has 0 aliphatic rings. The SMILES string of the molecule is NC(=O)c1ccc2c(=O)c3cc(F)ccc3sc2c1. The molecule has 0 aliphatic heterocycles. The van der Waals surface area contributed by atoms with Crippen molar-refractivity contribution in [3.8, 4) is 0 Å². The van der Waals surface area contributed by atoms with Gasteiger partial charge in [-0.25, -0.2) is 4.39 Å². The van der Waals surface area contributed by atoms with E-state index < -0.39 is 11.7 Å². The highest BCUT2D eigenvalue weighted by Crippen LogP contribution is 2.25. The van der Waals surface area contributed by atoms with Crippen LogP contribution in [0.1, 0.15) is 10.4 Å². The largest absolute Gasteiger partial charge is 0.366 e. The van der Waals surface area contributed by atoms with E-state index in [0.29, 0.717) is 25.7 Å². The lowest BCUT2D eigenvalue weighted by Crippen LogP contribution is -2.11. The number of rotatable bonds is 1. The molecule has 0 atom stereocenters. The molecule has 19 heavy (non-hydrogen) atoms. The molecule has 94 valence electrons. The number of primary amides is 1. The molecule has 1 aromatic heterocycles. The van der Waals surface area contributed by atoms with Gasteiger partial charge in [0.2, 0.25) is 5.91 Å². The second kappa shape index (κ2) is 4.13. The van der Waals surface area contributed by atoms with Gasteiger partial charge in [-0.05, 0) is 36.4 Å². The van der Waals surface area contributed by atoms with Crippen LogP contribution in [0.3, 0.4) is 0 Å². The van der Waals surface area contributed by atoms with E-state index in [2.05, 4.69) is 0 Å². The molecule has 3 aromatic rings. The molecule has 0 unspecified atom stereocenters. The topological polar surface area (TPSA) is 60.2 Å². The van der Waals surface area contributed by atoms with E-state index in [-0.39, 0.29) is 5.43 Å². The molecule has 0 fully saturated rings. The number of amides is 1. The second-order valence-corrected chi connectivity index (χ2v) is 5.23. The van der Waals surface area contributed by atoms with E-state index >= 15 is 0 Å². The van der Waals surface area contributed by atoms with Gasteiger partial charge in [-0.3, -0.25) is 9.59 Å². The standard InChI is InChI=1S/C14H8FNO2S/c15-8-2-4-11-10(6-8)13(17)9-3-1-7(14(16)18)5-12(9)19-11/h1-6H,(H2,16,18). The Morgan fingerprint density at radius 3 is 2.58 bits per heavy atom. The van der Waals surface area contributed by atoms with E-state index in [1.54, 1.807) is 18.2 Å². The predicted octanol–water partition coefficient (Wildman–Crippen LogP) is 2.65. The zero-order valence-electron chi connectivity index (χ0n) is 9.64. The number of carbonyl (C=O) groups excluding carboxylic acids is 1. The third-order valence-electron chi connectivity index (χ3n) is 2.92. The zero-order chi connectivity index (χ0) is 13.6. The Morgan fingerprint density at radius 2 is 1.84 bits per heavy atom. The van der Waals surface area contributed by atoms with Crippen molar-refractivity contribution in [2.75, 3.05) is 0 Å². The van der Waals surface area contributed by atoms with Gasteiger partial charge in [-0.15, -0.1) is 11.3 Å². The Bertz CT molecular complexity index is 886. The van der Waals surface area contributed by atoms with Gasteiger partial charge in [-0.2, -0.15) is 0 Å². The van der Waals surface area contributed by atoms with Crippen molar-refractivity contribution in [1.29, 1.82) is 0 Å². The lowest BCUT2D eigenvalue weighted by Gasteiger charge is -2.02. The highest BCUT2D eigenvalue weighted by molar-refractivity contribution is 7.24. The summed E-state index contributed by atoms with van der Waals surface area (Å²) in [4.78, 5) is 23.4. The van der Waals surface area contributed by atoms with Crippen LogP contribution in [0, 0.1) is 5.82 Å². The summed E-state index contributed by atoms with van der Waals surface area (Å²) < 4.78 is 14.5. The molecule has 3 rings (SSSR count). The van der Waals surface area contributed by atoms with Gasteiger partial charge >= 0.3 is 0 Å². The normalized spacial score (nSPS) is 11.0. The van der Waals surface area contributed by atoms with Gasteiger partial charge in [-0.1, -0.05) is 0 Å². The van der Waals surface area contributed by atoms with Gasteiger partial charge in [0.15, 0.2) is 5.43 Å². The molecule has 5 heteroatoms. The monoisotopic (exact) mass is 273 g/mol. The highest BCUT2D eigenvalue weighted by atomic mass is 32.1. The molecule has 0 spiro atoms. The summed E-state index contributed by atoms with van der Waals surface area (Å²) in [7, 11) is 0. The molecule has 0 radical (unpaired) electrons. The fraction of sp³-hybridized carbons (Fsp3) is 0. The molecule has 2 aromatic carbocycles. The van der Waals surface area contributed by atoms with Crippen molar-refractivity contribution in [1.82, 2.24) is 0 Å². The molecule has 0 saturated heterocycles. The average Bonchev–Trinajstić information content (AvgIpc) is 2.39. The highest BCUT2D eigenvalue weighted by Gasteiger charge is 2.09. The Kier molecular flexibility index (Phi) is 2.57. The first kappa shape index (κ1) is 11.8. The smallest absolute Gasteiger partial charge is 0.248 e. The summed E-state index contributed by atoms with van der Waals surface area (Å²) in [6.45, 7) is 0. The summed E-state index contributed by atoms with van der Waals surface area (Å²) in [5.74, 6) is -0.981. The number of carbonyl (C=O) groups is 1. The van der Waals surface area contributed by atoms with Crippen molar-refractivity contribution in [3.05, 3.63) is 58.0 Å². The summed E-state index contributed by atoms with van der Waals surface area (Å²) >= 11 is 1.33. The van der Waals surface area contributed by atoms with Crippen molar-refractivity contribution < 1.29 is 9.18 Å². The van der Waals surface area contributed by atoms with Crippen LogP contribution in [0.15, 0.2) is 41.2 Å². The Hall–Kier alpha value is -2.27. The second-order valence-electron chi connectivity index (χ2n) is 4.15. The molecular weight excluding hydrogens is 265 g/mol. The number of halogens is 1. The number of fused-ring (bicyclic) bond motifs is 2. The Balaban J connectivity index is 2.46. The lowest BCUT2D eigenvalue weighted by molar-refractivity contribution is 0.100. The first-order valence-electron chi connectivity index (χ1n) is 5.52. The van der Waals surface area contributed by atoms with E-state index in [1.807, 2.05) is 0 Å². The van der Waals surface area contributed by atoms with Gasteiger partial charge in [0.05, 0.1) is 0 Å². The maximum absolute atomic E-state index is 13.2. The van der Waals surface area contributed by atoms with Crippen LogP contribution < -0.4 is 11.2 Å². The summed E-state index contributed by atoms with van der Waals surface area (Å²) in [5.41, 5.74) is 5.33. The Labute approximate surface area is 111 Å². The first-order chi connectivity index (χ1) is 9.06. The van der Waals surface area contributed by atoms with E-state index in [1.165, 1.54) is 29.5 Å². The predicted molar refractivity (Wildman–Crippen MR) is 74.1 cm³/mol. The number of nitrogens with two attached hydrogens (primary N) is 1. The molecular formula is C14H8FNO2S. The molecule has 0 bridgehead atoms. The van der Waals surface area contributed by atoms with Gasteiger partial charge < -0.3 is 5.73 Å². The molecule has 2 N–H and O–H groups in total. The van der Waals surface area contributed by atoms with Gasteiger partial charge in [0.1, 0.15) is 5.82 Å². The summed E-state index contributed by atoms with van der Waals surface area (Å²) in [5, 5.41) is 0.817. The van der Waals surface area contributed by atoms with Crippen LogP contribution in [0.25, 0.3) is 20.2 Å². The van der Waals surface area contributed by atoms with Crippen LogP contribution in [0.4, 0.5) is 4.39 Å². The number of benzene rings is 2. The summed E-state index contributed by atoms with van der Waals surface area (Å²) in [6.07, 6.45) is 0. The molecule has 1 heterocycles. The maximum Gasteiger partial charge on any atom is 0.248 e. The zero-order valence-corrected chi connectivity index (χ0v) is 10.5. The lowest BCUT2D eigenvalue weighted by atomic mass is 10.1. The first-order valence-corrected chi connectivity index (χ1v) is 6.34. The average molecular weight is 273 g/mol. The van der Waals surface area contributed by atoms with Crippen LogP contribution in [-0.2, 0) is 0 Å². The quantitative estimate of drug-likeness (QED) is 0.693. The molecule has 0 aliphatic carbocycles. The van der Waals surface area contributed by atoms with Crippen LogP contribution >= 0.6 is 11.3 Å². The third-order valence-corrected chi connectivity index (χ3v) is 4.05. The minimum atomic E-state index is -0.541. The minimum absolute atomic E-state index is 0.237. The van der Waals surface area contributed by atoms with Gasteiger partial charge in [0, 0.05) is 25.7 Å². The molecule has 1 amide bonds. The van der Waals surface area contributed by atoms with Crippen LogP contribution in [0.2, 0.25) is 0 Å². The van der Waals surface area contributed by atoms with Gasteiger partial charge in [0.25, 0.3) is 0 Å². The van der Waals surface area contributed by atoms with Crippen molar-refractivity contribution >= 4 is 37.4 Å².